The smallest absolute Gasteiger partial charge is 0.396 e. The molecule has 0 spiro atoms. The van der Waals surface area contributed by atoms with E-state index in [0.29, 0.717) is 0 Å². The molecule has 0 aliphatic heterocycles. The standard InChI is InChI=1S/C18H21N3O12/c22-10-4-1-7-13(25)31-19-16(28)20(32-14(26)8-2-5-11-23)18(30)21(17(19)29)33-15(27)9-3-6-12-24/h1-3,7-9,22-24H,4-6,10-12H2. The first-order chi connectivity index (χ1) is 15.8. The monoisotopic (exact) mass is 471 g/mol. The van der Waals surface area contributed by atoms with Gasteiger partial charge in [0, 0.05) is 38.0 Å². The van der Waals surface area contributed by atoms with Crippen molar-refractivity contribution in [3.63, 3.8) is 0 Å². The molecule has 180 valence electrons. The third kappa shape index (κ3) is 8.52. The number of hydrogen-bond acceptors (Lipinski definition) is 12. The lowest BCUT2D eigenvalue weighted by molar-refractivity contribution is -0.146. The first-order valence-electron chi connectivity index (χ1n) is 9.27. The van der Waals surface area contributed by atoms with Gasteiger partial charge in [-0.3, -0.25) is 0 Å². The Labute approximate surface area is 184 Å². The van der Waals surface area contributed by atoms with E-state index in [1.807, 2.05) is 0 Å². The summed E-state index contributed by atoms with van der Waals surface area (Å²) in [7, 11) is 0. The molecule has 0 saturated carbocycles. The van der Waals surface area contributed by atoms with Crippen LogP contribution in [-0.2, 0) is 14.4 Å². The fraction of sp³-hybridized carbons (Fsp3) is 0.333. The lowest BCUT2D eigenvalue weighted by atomic mass is 10.4. The predicted octanol–water partition coefficient (Wildman–Crippen LogP) is -4.15. The maximum absolute atomic E-state index is 12.4. The Balaban J connectivity index is 3.47. The average molecular weight is 471 g/mol. The van der Waals surface area contributed by atoms with Gasteiger partial charge in [0.15, 0.2) is 0 Å². The summed E-state index contributed by atoms with van der Waals surface area (Å²) in [6, 6.07) is 0. The SMILES string of the molecule is O=C(C=CCCO)On1c(=O)n(OC(=O)C=CCCO)c(=O)n(OC(=O)C=CCCO)c1=O. The van der Waals surface area contributed by atoms with Crippen LogP contribution in [0, 0.1) is 0 Å². The van der Waals surface area contributed by atoms with Crippen molar-refractivity contribution < 1.29 is 44.2 Å². The summed E-state index contributed by atoms with van der Waals surface area (Å²) in [4.78, 5) is 86.4. The van der Waals surface area contributed by atoms with Crippen LogP contribution in [0.15, 0.2) is 50.8 Å². The van der Waals surface area contributed by atoms with E-state index in [0.717, 1.165) is 36.5 Å². The number of rotatable bonds is 12. The molecule has 1 aromatic heterocycles. The molecule has 0 fully saturated rings. The van der Waals surface area contributed by atoms with Crippen LogP contribution < -0.4 is 31.6 Å². The molecule has 0 radical (unpaired) electrons. The minimum Gasteiger partial charge on any atom is -0.396 e. The zero-order chi connectivity index (χ0) is 24.8. The molecule has 1 heterocycles. The Morgan fingerprint density at radius 1 is 0.576 bits per heavy atom. The van der Waals surface area contributed by atoms with E-state index in [1.54, 1.807) is 0 Å². The molecule has 0 atom stereocenters. The number of carbonyl (C=O) groups is 3. The summed E-state index contributed by atoms with van der Waals surface area (Å²) in [5, 5.41) is 26.1. The van der Waals surface area contributed by atoms with E-state index in [1.165, 1.54) is 0 Å². The van der Waals surface area contributed by atoms with E-state index in [2.05, 4.69) is 14.5 Å². The summed E-state index contributed by atoms with van der Waals surface area (Å²) in [5.41, 5.74) is -5.16. The van der Waals surface area contributed by atoms with Gasteiger partial charge in [0.2, 0.25) is 0 Å². The highest BCUT2D eigenvalue weighted by atomic mass is 16.8. The molecular weight excluding hydrogens is 450 g/mol. The maximum Gasteiger partial charge on any atom is 0.405 e. The molecule has 1 aromatic rings. The highest BCUT2D eigenvalue weighted by Crippen LogP contribution is 1.85. The van der Waals surface area contributed by atoms with Crippen LogP contribution in [0.25, 0.3) is 0 Å². The molecule has 0 aliphatic rings. The van der Waals surface area contributed by atoms with E-state index < -0.39 is 35.0 Å². The molecule has 15 nitrogen and oxygen atoms in total. The van der Waals surface area contributed by atoms with Crippen molar-refractivity contribution in [2.24, 2.45) is 0 Å². The van der Waals surface area contributed by atoms with E-state index >= 15 is 0 Å². The van der Waals surface area contributed by atoms with Gasteiger partial charge in [0.1, 0.15) is 0 Å². The predicted molar refractivity (Wildman–Crippen MR) is 107 cm³/mol. The first kappa shape index (κ1) is 27.0. The molecule has 15 heteroatoms. The Morgan fingerprint density at radius 2 is 0.818 bits per heavy atom. The highest BCUT2D eigenvalue weighted by Gasteiger charge is 2.23. The van der Waals surface area contributed by atoms with Crippen molar-refractivity contribution in [2.75, 3.05) is 19.8 Å². The highest BCUT2D eigenvalue weighted by molar-refractivity contribution is 5.83. The number of hydrogen-bond donors (Lipinski definition) is 3. The third-order valence-corrected chi connectivity index (χ3v) is 3.24. The van der Waals surface area contributed by atoms with Crippen molar-refractivity contribution in [3.05, 3.63) is 67.9 Å². The van der Waals surface area contributed by atoms with Crippen molar-refractivity contribution in [2.45, 2.75) is 19.3 Å². The maximum atomic E-state index is 12.4. The van der Waals surface area contributed by atoms with Gasteiger partial charge in [0.25, 0.3) is 0 Å². The van der Waals surface area contributed by atoms with Crippen LogP contribution >= 0.6 is 0 Å². The number of aliphatic hydroxyl groups is 3. The Morgan fingerprint density at radius 3 is 1.03 bits per heavy atom. The number of aromatic nitrogens is 3. The zero-order valence-electron chi connectivity index (χ0n) is 17.1. The van der Waals surface area contributed by atoms with Gasteiger partial charge in [0.05, 0.1) is 0 Å². The zero-order valence-corrected chi connectivity index (χ0v) is 17.1. The van der Waals surface area contributed by atoms with Crippen LogP contribution in [0.4, 0.5) is 0 Å². The fourth-order valence-corrected chi connectivity index (χ4v) is 1.85. The third-order valence-electron chi connectivity index (χ3n) is 3.24. The molecule has 0 aromatic carbocycles. The Bertz CT molecular complexity index is 938. The second-order valence-corrected chi connectivity index (χ2v) is 5.71. The number of aliphatic hydroxyl groups excluding tert-OH is 3. The molecule has 0 amide bonds. The van der Waals surface area contributed by atoms with Crippen LogP contribution in [0.5, 0.6) is 0 Å². The topological polar surface area (TPSA) is 206 Å². The van der Waals surface area contributed by atoms with E-state index in [9.17, 15) is 28.8 Å². The molecule has 0 bridgehead atoms. The minimum absolute atomic E-state index is 0.0449. The van der Waals surface area contributed by atoms with Crippen LogP contribution in [0.3, 0.4) is 0 Å². The first-order valence-corrected chi connectivity index (χ1v) is 9.27. The van der Waals surface area contributed by atoms with Crippen LogP contribution in [0.1, 0.15) is 19.3 Å². The van der Waals surface area contributed by atoms with Gasteiger partial charge in [-0.15, -0.1) is 0 Å². The quantitative estimate of drug-likeness (QED) is 0.248. The van der Waals surface area contributed by atoms with Gasteiger partial charge in [-0.25, -0.2) is 28.8 Å². The average Bonchev–Trinajstić information content (AvgIpc) is 2.78. The normalized spacial score (nSPS) is 11.4. The second-order valence-electron chi connectivity index (χ2n) is 5.71. The molecule has 1 rings (SSSR count). The van der Waals surface area contributed by atoms with Crippen molar-refractivity contribution in [1.29, 1.82) is 0 Å². The number of nitrogens with zero attached hydrogens (tertiary/aromatic N) is 3. The molecular formula is C18H21N3O12. The summed E-state index contributed by atoms with van der Waals surface area (Å²) in [5.74, 6) is -3.87. The molecule has 33 heavy (non-hydrogen) atoms. The number of carbonyl (C=O) groups excluding carboxylic acids is 3. The lowest BCUT2D eigenvalue weighted by Crippen LogP contribution is -2.60. The second kappa shape index (κ2) is 14.1. The molecule has 0 aliphatic carbocycles. The minimum atomic E-state index is -1.72. The summed E-state index contributed by atoms with van der Waals surface area (Å²) in [6.07, 6.45) is 5.87. The molecule has 0 saturated heterocycles. The van der Waals surface area contributed by atoms with Gasteiger partial charge in [-0.1, -0.05) is 32.4 Å². The van der Waals surface area contributed by atoms with Crippen LogP contribution in [-0.4, -0.2) is 67.2 Å². The lowest BCUT2D eigenvalue weighted by Gasteiger charge is -2.10. The van der Waals surface area contributed by atoms with Gasteiger partial charge >= 0.3 is 35.0 Å². The molecule has 0 unspecified atom stereocenters. The Kier molecular flexibility index (Phi) is 11.5. The van der Waals surface area contributed by atoms with Gasteiger partial charge in [-0.2, -0.15) is 0 Å². The summed E-state index contributed by atoms with van der Waals surface area (Å²) < 4.78 is -0.909. The van der Waals surface area contributed by atoms with Crippen molar-refractivity contribution in [1.82, 2.24) is 14.2 Å². The summed E-state index contributed by atoms with van der Waals surface area (Å²) >= 11 is 0. The van der Waals surface area contributed by atoms with Gasteiger partial charge in [-0.05, 0) is 19.3 Å². The largest absolute Gasteiger partial charge is 0.405 e. The van der Waals surface area contributed by atoms with Crippen molar-refractivity contribution in [3.8, 4) is 0 Å². The van der Waals surface area contributed by atoms with E-state index in [-0.39, 0.29) is 53.3 Å². The van der Waals surface area contributed by atoms with Crippen molar-refractivity contribution >= 4 is 17.9 Å². The van der Waals surface area contributed by atoms with Crippen LogP contribution in [0.2, 0.25) is 0 Å². The molecule has 3 N–H and O–H groups in total. The van der Waals surface area contributed by atoms with E-state index in [4.69, 9.17) is 15.3 Å². The summed E-state index contributed by atoms with van der Waals surface area (Å²) in [6.45, 7) is -0.914. The van der Waals surface area contributed by atoms with Gasteiger partial charge < -0.3 is 29.8 Å². The Hall–Kier alpha value is -4.08. The fourth-order valence-electron chi connectivity index (χ4n) is 1.85.